The Morgan fingerprint density at radius 2 is 1.69 bits per heavy atom. The van der Waals surface area contributed by atoms with E-state index in [-0.39, 0.29) is 5.56 Å². The van der Waals surface area contributed by atoms with Gasteiger partial charge in [0.1, 0.15) is 0 Å². The quantitative estimate of drug-likeness (QED) is 0.393. The molecule has 4 aromatic rings. The second-order valence-electron chi connectivity index (χ2n) is 8.50. The maximum atomic E-state index is 13.7. The van der Waals surface area contributed by atoms with E-state index in [0.29, 0.717) is 33.1 Å². The Morgan fingerprint density at radius 3 is 2.37 bits per heavy atom. The van der Waals surface area contributed by atoms with Crippen LogP contribution in [0.5, 0.6) is 0 Å². The molecule has 0 aliphatic carbocycles. The Kier molecular flexibility index (Phi) is 6.53. The number of hydrogen-bond acceptors (Lipinski definition) is 6. The van der Waals surface area contributed by atoms with Crippen molar-refractivity contribution in [2.24, 2.45) is 0 Å². The van der Waals surface area contributed by atoms with Gasteiger partial charge in [-0.05, 0) is 48.0 Å². The number of benzene rings is 3. The number of carbonyl (C=O) groups excluding carboxylic acids is 1. The van der Waals surface area contributed by atoms with E-state index >= 15 is 0 Å². The van der Waals surface area contributed by atoms with E-state index in [2.05, 4.69) is 34.1 Å². The predicted molar refractivity (Wildman–Crippen MR) is 138 cm³/mol. The second kappa shape index (κ2) is 9.90. The van der Waals surface area contributed by atoms with Crippen LogP contribution in [-0.4, -0.2) is 53.7 Å². The molecule has 8 heteroatoms. The van der Waals surface area contributed by atoms with Crippen molar-refractivity contribution >= 4 is 34.4 Å². The topological polar surface area (TPSA) is 67.7 Å². The zero-order valence-electron chi connectivity index (χ0n) is 19.4. The first-order chi connectivity index (χ1) is 17.0. The van der Waals surface area contributed by atoms with Gasteiger partial charge in [0, 0.05) is 37.7 Å². The lowest BCUT2D eigenvalue weighted by atomic mass is 10.1. The lowest BCUT2D eigenvalue weighted by molar-refractivity contribution is 0.0601. The molecule has 1 aliphatic heterocycles. The van der Waals surface area contributed by atoms with Crippen molar-refractivity contribution < 1.29 is 9.53 Å². The number of nitrogens with zero attached hydrogens (tertiary/aromatic N) is 4. The van der Waals surface area contributed by atoms with E-state index in [9.17, 15) is 9.59 Å². The molecule has 0 saturated carbocycles. The average molecular weight is 489 g/mol. The molecule has 7 nitrogen and oxygen atoms in total. The third-order valence-corrected chi connectivity index (χ3v) is 6.51. The molecule has 1 saturated heterocycles. The molecular formula is C27H25ClN4O3. The Bertz CT molecular complexity index is 1410. The minimum atomic E-state index is -0.466. The van der Waals surface area contributed by atoms with Crippen LogP contribution in [0.25, 0.3) is 16.6 Å². The first kappa shape index (κ1) is 23.1. The van der Waals surface area contributed by atoms with Gasteiger partial charge in [0.05, 0.1) is 29.3 Å². The molecule has 0 amide bonds. The fourth-order valence-electron chi connectivity index (χ4n) is 4.40. The molecule has 5 rings (SSSR count). The van der Waals surface area contributed by atoms with E-state index < -0.39 is 5.97 Å². The van der Waals surface area contributed by atoms with Gasteiger partial charge in [-0.25, -0.2) is 14.3 Å². The summed E-state index contributed by atoms with van der Waals surface area (Å²) in [7, 11) is 1.33. The molecule has 178 valence electrons. The zero-order valence-corrected chi connectivity index (χ0v) is 20.1. The molecule has 1 fully saturated rings. The molecule has 0 radical (unpaired) electrons. The average Bonchev–Trinajstić information content (AvgIpc) is 2.89. The molecule has 35 heavy (non-hydrogen) atoms. The van der Waals surface area contributed by atoms with Crippen LogP contribution in [0, 0.1) is 0 Å². The van der Waals surface area contributed by atoms with Gasteiger partial charge in [0.25, 0.3) is 5.56 Å². The van der Waals surface area contributed by atoms with Crippen LogP contribution in [-0.2, 0) is 11.3 Å². The Balaban J connectivity index is 1.53. The summed E-state index contributed by atoms with van der Waals surface area (Å²) in [4.78, 5) is 35.1. The molecule has 0 unspecified atom stereocenters. The van der Waals surface area contributed by atoms with Crippen LogP contribution in [0.3, 0.4) is 0 Å². The van der Waals surface area contributed by atoms with Crippen molar-refractivity contribution in [3.8, 4) is 5.69 Å². The number of aromatic nitrogens is 2. The van der Waals surface area contributed by atoms with Gasteiger partial charge in [-0.2, -0.15) is 0 Å². The zero-order chi connectivity index (χ0) is 24.4. The van der Waals surface area contributed by atoms with Crippen LogP contribution < -0.4 is 10.5 Å². The summed E-state index contributed by atoms with van der Waals surface area (Å²) in [5.41, 5.74) is 2.58. The highest BCUT2D eigenvalue weighted by Gasteiger charge is 2.23. The SMILES string of the molecule is COC(=O)c1ccc2c(=O)n(-c3ccc(Cl)cc3)c(N3CCN(Cc4ccccc4)CC3)nc2c1. The van der Waals surface area contributed by atoms with Crippen LogP contribution in [0.4, 0.5) is 5.95 Å². The first-order valence-corrected chi connectivity index (χ1v) is 11.8. The summed E-state index contributed by atoms with van der Waals surface area (Å²) in [5.74, 6) is 0.0813. The Morgan fingerprint density at radius 1 is 0.971 bits per heavy atom. The van der Waals surface area contributed by atoms with E-state index in [4.69, 9.17) is 21.3 Å². The number of rotatable bonds is 5. The van der Waals surface area contributed by atoms with Gasteiger partial charge in [-0.1, -0.05) is 41.9 Å². The van der Waals surface area contributed by atoms with Gasteiger partial charge in [0.15, 0.2) is 0 Å². The van der Waals surface area contributed by atoms with Crippen molar-refractivity contribution in [1.29, 1.82) is 0 Å². The Labute approximate surface area is 208 Å². The fraction of sp³-hybridized carbons (Fsp3) is 0.222. The highest BCUT2D eigenvalue weighted by Crippen LogP contribution is 2.23. The van der Waals surface area contributed by atoms with Gasteiger partial charge < -0.3 is 9.64 Å². The lowest BCUT2D eigenvalue weighted by Crippen LogP contribution is -2.47. The summed E-state index contributed by atoms with van der Waals surface area (Å²) >= 11 is 6.10. The van der Waals surface area contributed by atoms with Crippen LogP contribution in [0.2, 0.25) is 5.02 Å². The molecule has 0 spiro atoms. The van der Waals surface area contributed by atoms with Crippen molar-refractivity contribution in [2.45, 2.75) is 6.54 Å². The van der Waals surface area contributed by atoms with Gasteiger partial charge >= 0.3 is 5.97 Å². The third kappa shape index (κ3) is 4.78. The number of anilines is 1. The number of methoxy groups -OCH3 is 1. The molecule has 2 heterocycles. The van der Waals surface area contributed by atoms with Gasteiger partial charge in [-0.3, -0.25) is 9.69 Å². The van der Waals surface area contributed by atoms with E-state index in [1.807, 2.05) is 18.2 Å². The first-order valence-electron chi connectivity index (χ1n) is 11.5. The number of halogens is 1. The fourth-order valence-corrected chi connectivity index (χ4v) is 4.53. The molecule has 0 bridgehead atoms. The number of ether oxygens (including phenoxy) is 1. The summed E-state index contributed by atoms with van der Waals surface area (Å²) < 4.78 is 6.48. The molecule has 3 aromatic carbocycles. The third-order valence-electron chi connectivity index (χ3n) is 6.26. The van der Waals surface area contributed by atoms with Crippen LogP contribution in [0.1, 0.15) is 15.9 Å². The minimum Gasteiger partial charge on any atom is -0.465 e. The van der Waals surface area contributed by atoms with Crippen molar-refractivity contribution in [1.82, 2.24) is 14.5 Å². The summed E-state index contributed by atoms with van der Waals surface area (Å²) in [6.07, 6.45) is 0. The number of hydrogen-bond donors (Lipinski definition) is 0. The standard InChI is InChI=1S/C27H25ClN4O3/c1-35-26(34)20-7-12-23-24(17-20)29-27(32(25(23)33)22-10-8-21(28)9-11-22)31-15-13-30(14-16-31)18-19-5-3-2-4-6-19/h2-12,17H,13-16,18H2,1H3. The predicted octanol–water partition coefficient (Wildman–Crippen LogP) is 4.15. The number of piperazine rings is 1. The largest absolute Gasteiger partial charge is 0.465 e. The summed E-state index contributed by atoms with van der Waals surface area (Å²) in [6.45, 7) is 3.99. The van der Waals surface area contributed by atoms with E-state index in [0.717, 1.165) is 32.7 Å². The van der Waals surface area contributed by atoms with E-state index in [1.165, 1.54) is 12.7 Å². The van der Waals surface area contributed by atoms with Gasteiger partial charge in [-0.15, -0.1) is 0 Å². The second-order valence-corrected chi connectivity index (χ2v) is 8.94. The van der Waals surface area contributed by atoms with Crippen molar-refractivity contribution in [3.63, 3.8) is 0 Å². The number of esters is 1. The number of fused-ring (bicyclic) bond motifs is 1. The number of carbonyl (C=O) groups is 1. The maximum Gasteiger partial charge on any atom is 0.337 e. The molecular weight excluding hydrogens is 464 g/mol. The molecule has 1 aromatic heterocycles. The Hall–Kier alpha value is -3.68. The molecule has 0 atom stereocenters. The highest BCUT2D eigenvalue weighted by molar-refractivity contribution is 6.30. The monoisotopic (exact) mass is 488 g/mol. The maximum absolute atomic E-state index is 13.7. The highest BCUT2D eigenvalue weighted by atomic mass is 35.5. The smallest absolute Gasteiger partial charge is 0.337 e. The van der Waals surface area contributed by atoms with Crippen molar-refractivity contribution in [3.05, 3.63) is 99.3 Å². The van der Waals surface area contributed by atoms with E-state index in [1.54, 1.807) is 34.9 Å². The van der Waals surface area contributed by atoms with Crippen LogP contribution >= 0.6 is 11.6 Å². The molecule has 1 aliphatic rings. The normalized spacial score (nSPS) is 14.3. The molecule has 0 N–H and O–H groups in total. The minimum absolute atomic E-state index is 0.199. The summed E-state index contributed by atoms with van der Waals surface area (Å²) in [5, 5.41) is 1.02. The lowest BCUT2D eigenvalue weighted by Gasteiger charge is -2.36. The van der Waals surface area contributed by atoms with Crippen molar-refractivity contribution in [2.75, 3.05) is 38.2 Å². The summed E-state index contributed by atoms with van der Waals surface area (Å²) in [6, 6.07) is 22.4. The van der Waals surface area contributed by atoms with Crippen LogP contribution in [0.15, 0.2) is 77.6 Å². The van der Waals surface area contributed by atoms with Gasteiger partial charge in [0.2, 0.25) is 5.95 Å².